The minimum Gasteiger partial charge on any atom is -0.491 e. The Labute approximate surface area is 227 Å². The summed E-state index contributed by atoms with van der Waals surface area (Å²) in [6, 6.07) is 22.5. The van der Waals surface area contributed by atoms with E-state index in [0.29, 0.717) is 47.5 Å². The molecule has 1 N–H and O–H groups in total. The van der Waals surface area contributed by atoms with Gasteiger partial charge in [-0.3, -0.25) is 0 Å². The van der Waals surface area contributed by atoms with Crippen molar-refractivity contribution in [2.75, 3.05) is 19.8 Å². The van der Waals surface area contributed by atoms with E-state index in [9.17, 15) is 4.79 Å². The summed E-state index contributed by atoms with van der Waals surface area (Å²) < 4.78 is 40.7. The Morgan fingerprint density at radius 2 is 1.41 bits per heavy atom. The molecule has 0 atom stereocenters. The minimum absolute atomic E-state index is 0.0853. The Morgan fingerprint density at radius 1 is 0.821 bits per heavy atom. The molecule has 4 aromatic carbocycles. The van der Waals surface area contributed by atoms with Crippen molar-refractivity contribution in [3.8, 4) is 39.1 Å². The molecule has 0 unspecified atom stereocenters. The summed E-state index contributed by atoms with van der Waals surface area (Å²) in [6.45, 7) is 5.80. The zero-order chi connectivity index (χ0) is 27.8. The Hall–Kier alpha value is -4.29. The topological polar surface area (TPSA) is 55.8 Å². The van der Waals surface area contributed by atoms with E-state index < -0.39 is 17.6 Å². The molecule has 0 aliphatic heterocycles. The molecule has 0 spiro atoms. The van der Waals surface area contributed by atoms with Crippen LogP contribution in [0.1, 0.15) is 17.5 Å². The van der Waals surface area contributed by atoms with Gasteiger partial charge in [0, 0.05) is 17.2 Å². The lowest BCUT2D eigenvalue weighted by molar-refractivity contribution is -0.137. The molecule has 0 aliphatic carbocycles. The van der Waals surface area contributed by atoms with E-state index >= 15 is 8.78 Å². The number of aliphatic hydroxyl groups excluding tert-OH is 1. The number of esters is 1. The highest BCUT2D eigenvalue weighted by Gasteiger charge is 2.13. The second-order valence-corrected chi connectivity index (χ2v) is 9.10. The monoisotopic (exact) mass is 528 g/mol. The number of benzene rings is 4. The van der Waals surface area contributed by atoms with Crippen LogP contribution in [-0.4, -0.2) is 30.9 Å². The average molecular weight is 529 g/mol. The van der Waals surface area contributed by atoms with Gasteiger partial charge >= 0.3 is 5.97 Å². The molecule has 0 heterocycles. The number of carbonyl (C=O) groups excluding carboxylic acids is 1. The van der Waals surface area contributed by atoms with Crippen molar-refractivity contribution < 1.29 is 28.2 Å². The first-order chi connectivity index (χ1) is 18.9. The van der Waals surface area contributed by atoms with E-state index in [0.717, 1.165) is 28.3 Å². The SMILES string of the molecule is C=CC(=O)OCCCc1cc(-c2ccc(-c3ccc(-c4ccc(OCCO)cc4)c(F)c3)c(F)c2)ccc1C. The number of aryl methyl sites for hydroxylation is 2. The van der Waals surface area contributed by atoms with Crippen LogP contribution in [0.5, 0.6) is 5.75 Å². The van der Waals surface area contributed by atoms with Crippen LogP contribution in [0.2, 0.25) is 0 Å². The van der Waals surface area contributed by atoms with Crippen molar-refractivity contribution in [1.29, 1.82) is 0 Å². The summed E-state index contributed by atoms with van der Waals surface area (Å²) in [6.07, 6.45) is 2.53. The van der Waals surface area contributed by atoms with E-state index in [2.05, 4.69) is 6.58 Å². The van der Waals surface area contributed by atoms with E-state index in [4.69, 9.17) is 14.6 Å². The van der Waals surface area contributed by atoms with Gasteiger partial charge in [0.25, 0.3) is 0 Å². The number of carbonyl (C=O) groups is 1. The molecule has 0 aliphatic rings. The van der Waals surface area contributed by atoms with Crippen molar-refractivity contribution in [1.82, 2.24) is 0 Å². The van der Waals surface area contributed by atoms with Gasteiger partial charge in [-0.05, 0) is 77.4 Å². The fourth-order valence-electron chi connectivity index (χ4n) is 4.35. The zero-order valence-electron chi connectivity index (χ0n) is 21.8. The van der Waals surface area contributed by atoms with Crippen molar-refractivity contribution in [3.05, 3.63) is 114 Å². The molecule has 4 rings (SSSR count). The van der Waals surface area contributed by atoms with Crippen LogP contribution in [-0.2, 0) is 16.0 Å². The fraction of sp³-hybridized carbons (Fsp3) is 0.182. The third kappa shape index (κ3) is 6.98. The molecule has 0 bridgehead atoms. The Morgan fingerprint density at radius 3 is 2.08 bits per heavy atom. The van der Waals surface area contributed by atoms with Gasteiger partial charge in [-0.2, -0.15) is 0 Å². The number of rotatable bonds is 11. The molecule has 0 fully saturated rings. The molecule has 0 saturated carbocycles. The number of hydrogen-bond acceptors (Lipinski definition) is 4. The lowest BCUT2D eigenvalue weighted by atomic mass is 9.94. The van der Waals surface area contributed by atoms with Crippen molar-refractivity contribution in [2.24, 2.45) is 0 Å². The maximum Gasteiger partial charge on any atom is 0.330 e. The summed E-state index contributed by atoms with van der Waals surface area (Å²) in [5.74, 6) is -0.753. The minimum atomic E-state index is -0.457. The third-order valence-electron chi connectivity index (χ3n) is 6.46. The van der Waals surface area contributed by atoms with Gasteiger partial charge in [-0.25, -0.2) is 13.6 Å². The molecular formula is C33H30F2O4. The molecule has 0 aromatic heterocycles. The molecule has 0 radical (unpaired) electrons. The summed E-state index contributed by atoms with van der Waals surface area (Å²) in [7, 11) is 0. The fourth-order valence-corrected chi connectivity index (χ4v) is 4.35. The van der Waals surface area contributed by atoms with Gasteiger partial charge in [0.05, 0.1) is 13.2 Å². The van der Waals surface area contributed by atoms with Crippen molar-refractivity contribution in [3.63, 3.8) is 0 Å². The molecule has 39 heavy (non-hydrogen) atoms. The highest BCUT2D eigenvalue weighted by Crippen LogP contribution is 2.33. The molecular weight excluding hydrogens is 498 g/mol. The van der Waals surface area contributed by atoms with Crippen LogP contribution in [0.4, 0.5) is 8.78 Å². The summed E-state index contributed by atoms with van der Waals surface area (Å²) in [5, 5.41) is 8.87. The Kier molecular flexibility index (Phi) is 9.23. The second kappa shape index (κ2) is 13.0. The average Bonchev–Trinajstić information content (AvgIpc) is 2.95. The predicted octanol–water partition coefficient (Wildman–Crippen LogP) is 7.31. The summed E-state index contributed by atoms with van der Waals surface area (Å²) >= 11 is 0. The number of aliphatic hydroxyl groups is 1. The van der Waals surface area contributed by atoms with Gasteiger partial charge < -0.3 is 14.6 Å². The highest BCUT2D eigenvalue weighted by molar-refractivity contribution is 5.81. The summed E-state index contributed by atoms with van der Waals surface area (Å²) in [4.78, 5) is 11.2. The maximum atomic E-state index is 15.2. The highest BCUT2D eigenvalue weighted by atomic mass is 19.1. The number of ether oxygens (including phenoxy) is 2. The van der Waals surface area contributed by atoms with E-state index in [1.165, 1.54) is 12.1 Å². The molecule has 4 nitrogen and oxygen atoms in total. The molecule has 4 aromatic rings. The van der Waals surface area contributed by atoms with E-state index in [-0.39, 0.29) is 13.2 Å². The molecule has 0 saturated heterocycles. The Bertz CT molecular complexity index is 1460. The van der Waals surface area contributed by atoms with Crippen molar-refractivity contribution in [2.45, 2.75) is 19.8 Å². The largest absolute Gasteiger partial charge is 0.491 e. The quantitative estimate of drug-likeness (QED) is 0.126. The van der Waals surface area contributed by atoms with Crippen LogP contribution in [0.15, 0.2) is 91.5 Å². The Balaban J connectivity index is 1.50. The third-order valence-corrected chi connectivity index (χ3v) is 6.46. The van der Waals surface area contributed by atoms with Crippen LogP contribution in [0, 0.1) is 18.6 Å². The number of hydrogen-bond donors (Lipinski definition) is 1. The second-order valence-electron chi connectivity index (χ2n) is 9.10. The molecule has 200 valence electrons. The standard InChI is InChI=1S/C33H30F2O4/c1-3-33(37)39-17-4-5-24-19-25(7-6-22(24)2)26-10-14-30(31(34)20-26)27-11-15-29(32(35)21-27)23-8-12-28(13-9-23)38-18-16-36/h3,6-15,19-21,36H,1,4-5,16-18H2,2H3. The van der Waals surface area contributed by atoms with Crippen LogP contribution in [0.25, 0.3) is 33.4 Å². The first kappa shape index (κ1) is 27.7. The first-order valence-electron chi connectivity index (χ1n) is 12.7. The van der Waals surface area contributed by atoms with E-state index in [1.54, 1.807) is 42.5 Å². The van der Waals surface area contributed by atoms with E-state index in [1.807, 2.05) is 31.2 Å². The van der Waals surface area contributed by atoms with Gasteiger partial charge in [0.15, 0.2) is 0 Å². The van der Waals surface area contributed by atoms with Gasteiger partial charge in [0.2, 0.25) is 0 Å². The molecule has 6 heteroatoms. The zero-order valence-corrected chi connectivity index (χ0v) is 21.8. The summed E-state index contributed by atoms with van der Waals surface area (Å²) in [5.41, 5.74) is 5.62. The maximum absolute atomic E-state index is 15.2. The van der Waals surface area contributed by atoms with Gasteiger partial charge in [-0.15, -0.1) is 0 Å². The van der Waals surface area contributed by atoms with Gasteiger partial charge in [0.1, 0.15) is 24.0 Å². The predicted molar refractivity (Wildman–Crippen MR) is 149 cm³/mol. The first-order valence-corrected chi connectivity index (χ1v) is 12.7. The van der Waals surface area contributed by atoms with Crippen molar-refractivity contribution >= 4 is 5.97 Å². The lowest BCUT2D eigenvalue weighted by Crippen LogP contribution is -2.03. The smallest absolute Gasteiger partial charge is 0.330 e. The van der Waals surface area contributed by atoms with Gasteiger partial charge in [-0.1, -0.05) is 61.2 Å². The van der Waals surface area contributed by atoms with Crippen LogP contribution in [0.3, 0.4) is 0 Å². The van der Waals surface area contributed by atoms with Crippen LogP contribution < -0.4 is 4.74 Å². The van der Waals surface area contributed by atoms with Crippen LogP contribution >= 0.6 is 0 Å². The number of halogens is 2. The lowest BCUT2D eigenvalue weighted by Gasteiger charge is -2.12. The molecule has 0 amide bonds. The normalized spacial score (nSPS) is 10.8.